The van der Waals surface area contributed by atoms with Gasteiger partial charge in [-0.05, 0) is 24.3 Å². The molecule has 0 saturated carbocycles. The van der Waals surface area contributed by atoms with Gasteiger partial charge in [-0.2, -0.15) is 0 Å². The van der Waals surface area contributed by atoms with Gasteiger partial charge in [-0.15, -0.1) is 0 Å². The molecule has 3 aromatic rings. The van der Waals surface area contributed by atoms with Crippen LogP contribution in [-0.2, 0) is 4.79 Å². The number of amides is 1. The molecule has 0 spiro atoms. The van der Waals surface area contributed by atoms with Crippen LogP contribution in [0.2, 0.25) is 0 Å². The molecule has 23 heavy (non-hydrogen) atoms. The summed E-state index contributed by atoms with van der Waals surface area (Å²) in [5.74, 6) is 0.692. The number of nitrogens with one attached hydrogen (secondary N) is 1. The van der Waals surface area contributed by atoms with Gasteiger partial charge in [0.1, 0.15) is 22.9 Å². The number of rotatable bonds is 4. The van der Waals surface area contributed by atoms with Crippen LogP contribution in [0.25, 0.3) is 16.9 Å². The van der Waals surface area contributed by atoms with E-state index >= 15 is 0 Å². The van der Waals surface area contributed by atoms with Gasteiger partial charge in [0, 0.05) is 11.8 Å². The van der Waals surface area contributed by atoms with E-state index in [9.17, 15) is 4.79 Å². The molecule has 0 bridgehead atoms. The number of fused-ring (bicyclic) bond motifs is 1. The lowest BCUT2D eigenvalue weighted by Crippen LogP contribution is -2.20. The molecule has 118 valence electrons. The second kappa shape index (κ2) is 6.48. The maximum atomic E-state index is 11.9. The Balaban J connectivity index is 2.16. The molecule has 2 aromatic heterocycles. The van der Waals surface area contributed by atoms with Crippen molar-refractivity contribution in [1.82, 2.24) is 9.38 Å². The second-order valence-electron chi connectivity index (χ2n) is 4.76. The Hall–Kier alpha value is -2.24. The van der Waals surface area contributed by atoms with Gasteiger partial charge in [-0.3, -0.25) is 9.20 Å². The Labute approximate surface area is 142 Å². The molecule has 5 nitrogen and oxygen atoms in total. The molecule has 0 atom stereocenters. The van der Waals surface area contributed by atoms with Crippen molar-refractivity contribution in [3.8, 4) is 17.0 Å². The predicted octanol–water partition coefficient (Wildman–Crippen LogP) is 3.75. The highest BCUT2D eigenvalue weighted by Crippen LogP contribution is 2.31. The number of aromatic nitrogens is 2. The van der Waals surface area contributed by atoms with Crippen LogP contribution in [0.5, 0.6) is 5.75 Å². The van der Waals surface area contributed by atoms with Crippen LogP contribution in [0, 0.1) is 0 Å². The van der Waals surface area contributed by atoms with E-state index in [0.717, 1.165) is 5.56 Å². The van der Waals surface area contributed by atoms with Gasteiger partial charge in [0.15, 0.2) is 4.84 Å². The molecule has 1 aromatic carbocycles. The summed E-state index contributed by atoms with van der Waals surface area (Å²) in [6, 6.07) is 13.0. The molecule has 0 aliphatic carbocycles. The summed E-state index contributed by atoms with van der Waals surface area (Å²) in [6.45, 7) is 0. The Kier molecular flexibility index (Phi) is 4.41. The van der Waals surface area contributed by atoms with E-state index in [1.165, 1.54) is 0 Å². The quantitative estimate of drug-likeness (QED) is 0.729. The first-order valence-corrected chi connectivity index (χ1v) is 7.68. The number of nitrogens with zero attached hydrogens (tertiary/aromatic N) is 2. The van der Waals surface area contributed by atoms with Crippen LogP contribution in [0.15, 0.2) is 48.7 Å². The van der Waals surface area contributed by atoms with E-state index < -0.39 is 10.7 Å². The van der Waals surface area contributed by atoms with Gasteiger partial charge in [0.25, 0.3) is 5.91 Å². The minimum Gasteiger partial charge on any atom is -0.497 e. The number of hydrogen-bond acceptors (Lipinski definition) is 3. The van der Waals surface area contributed by atoms with Gasteiger partial charge in [-0.25, -0.2) is 4.98 Å². The normalized spacial score (nSPS) is 11.0. The van der Waals surface area contributed by atoms with Gasteiger partial charge < -0.3 is 10.1 Å². The maximum Gasteiger partial charge on any atom is 0.258 e. The van der Waals surface area contributed by atoms with Crippen LogP contribution in [0.3, 0.4) is 0 Å². The van der Waals surface area contributed by atoms with E-state index in [-0.39, 0.29) is 0 Å². The van der Waals surface area contributed by atoms with Crippen molar-refractivity contribution in [1.29, 1.82) is 0 Å². The summed E-state index contributed by atoms with van der Waals surface area (Å²) >= 11 is 11.3. The summed E-state index contributed by atoms with van der Waals surface area (Å²) in [7, 11) is 1.59. The molecule has 0 aliphatic rings. The molecule has 0 fully saturated rings. The molecule has 3 rings (SSSR count). The average Bonchev–Trinajstić information content (AvgIpc) is 2.93. The van der Waals surface area contributed by atoms with Crippen molar-refractivity contribution < 1.29 is 9.53 Å². The van der Waals surface area contributed by atoms with Crippen LogP contribution in [0.1, 0.15) is 0 Å². The van der Waals surface area contributed by atoms with E-state index in [1.54, 1.807) is 17.7 Å². The Morgan fingerprint density at radius 1 is 1.26 bits per heavy atom. The number of benzene rings is 1. The van der Waals surface area contributed by atoms with Crippen LogP contribution >= 0.6 is 23.2 Å². The van der Waals surface area contributed by atoms with Crippen LogP contribution < -0.4 is 10.1 Å². The first kappa shape index (κ1) is 15.6. The average molecular weight is 350 g/mol. The number of alkyl halides is 2. The molecular formula is C16H13Cl2N3O2. The summed E-state index contributed by atoms with van der Waals surface area (Å²) in [6.07, 6.45) is 1.80. The number of hydrogen-bond donors (Lipinski definition) is 1. The van der Waals surface area contributed by atoms with E-state index in [4.69, 9.17) is 27.9 Å². The molecule has 0 saturated heterocycles. The lowest BCUT2D eigenvalue weighted by molar-refractivity contribution is -0.114. The number of imidazole rings is 1. The lowest BCUT2D eigenvalue weighted by Gasteiger charge is -2.08. The molecular weight excluding hydrogens is 337 g/mol. The Morgan fingerprint density at radius 2 is 2.09 bits per heavy atom. The highest BCUT2D eigenvalue weighted by atomic mass is 35.5. The number of carbonyl (C=O) groups is 1. The predicted molar refractivity (Wildman–Crippen MR) is 91.3 cm³/mol. The summed E-state index contributed by atoms with van der Waals surface area (Å²) in [5.41, 5.74) is 2.11. The number of methoxy groups -OCH3 is 1. The fourth-order valence-electron chi connectivity index (χ4n) is 2.26. The minimum absolute atomic E-state index is 0.505. The SMILES string of the molecule is COc1cccc(-c2nc3ccccn3c2NC(=O)C(Cl)Cl)c1. The van der Waals surface area contributed by atoms with E-state index in [1.807, 2.05) is 42.5 Å². The first-order valence-electron chi connectivity index (χ1n) is 6.80. The molecule has 1 amide bonds. The smallest absolute Gasteiger partial charge is 0.258 e. The van der Waals surface area contributed by atoms with E-state index in [2.05, 4.69) is 10.3 Å². The first-order chi connectivity index (χ1) is 11.1. The van der Waals surface area contributed by atoms with Crippen molar-refractivity contribution in [3.05, 3.63) is 48.7 Å². The standard InChI is InChI=1S/C16H13Cl2N3O2/c1-23-11-6-4-5-10(9-11)13-15(20-16(22)14(17)18)21-8-3-2-7-12(21)19-13/h2-9,14H,1H3,(H,20,22). The van der Waals surface area contributed by atoms with Crippen molar-refractivity contribution in [2.24, 2.45) is 0 Å². The van der Waals surface area contributed by atoms with Crippen LogP contribution in [0.4, 0.5) is 5.82 Å². The highest BCUT2D eigenvalue weighted by Gasteiger charge is 2.19. The number of anilines is 1. The summed E-state index contributed by atoms with van der Waals surface area (Å²) in [5, 5.41) is 2.73. The minimum atomic E-state index is -1.16. The Bertz CT molecular complexity index is 861. The zero-order valence-electron chi connectivity index (χ0n) is 12.2. The van der Waals surface area contributed by atoms with Gasteiger partial charge in [0.2, 0.25) is 0 Å². The van der Waals surface area contributed by atoms with Crippen molar-refractivity contribution >= 4 is 40.6 Å². The molecule has 0 radical (unpaired) electrons. The zero-order chi connectivity index (χ0) is 16.4. The molecule has 0 unspecified atom stereocenters. The van der Waals surface area contributed by atoms with Gasteiger partial charge in [0.05, 0.1) is 7.11 Å². The van der Waals surface area contributed by atoms with Crippen molar-refractivity contribution in [2.45, 2.75) is 4.84 Å². The second-order valence-corrected chi connectivity index (χ2v) is 5.86. The fraction of sp³-hybridized carbons (Fsp3) is 0.125. The monoisotopic (exact) mass is 349 g/mol. The number of carbonyl (C=O) groups excluding carboxylic acids is 1. The third-order valence-corrected chi connectivity index (χ3v) is 3.71. The van der Waals surface area contributed by atoms with Crippen molar-refractivity contribution in [3.63, 3.8) is 0 Å². The summed E-state index contributed by atoms with van der Waals surface area (Å²) in [4.78, 5) is 15.3. The van der Waals surface area contributed by atoms with Crippen molar-refractivity contribution in [2.75, 3.05) is 12.4 Å². The van der Waals surface area contributed by atoms with Gasteiger partial charge >= 0.3 is 0 Å². The molecule has 0 aliphatic heterocycles. The number of halogens is 2. The largest absolute Gasteiger partial charge is 0.497 e. The van der Waals surface area contributed by atoms with Gasteiger partial charge in [-0.1, -0.05) is 41.4 Å². The van der Waals surface area contributed by atoms with Crippen LogP contribution in [-0.4, -0.2) is 27.2 Å². The number of pyridine rings is 1. The van der Waals surface area contributed by atoms with E-state index in [0.29, 0.717) is 22.9 Å². The highest BCUT2D eigenvalue weighted by molar-refractivity contribution is 6.54. The zero-order valence-corrected chi connectivity index (χ0v) is 13.7. The fourth-order valence-corrected chi connectivity index (χ4v) is 2.37. The lowest BCUT2D eigenvalue weighted by atomic mass is 10.1. The molecule has 7 heteroatoms. The third-order valence-electron chi connectivity index (χ3n) is 3.31. The Morgan fingerprint density at radius 3 is 2.83 bits per heavy atom. The molecule has 1 N–H and O–H groups in total. The third kappa shape index (κ3) is 3.11. The topological polar surface area (TPSA) is 55.6 Å². The molecule has 2 heterocycles. The summed E-state index contributed by atoms with van der Waals surface area (Å²) < 4.78 is 7.01. The number of ether oxygens (including phenoxy) is 1. The maximum absolute atomic E-state index is 11.9.